The number of ether oxygens (including phenoxy) is 2. The van der Waals surface area contributed by atoms with E-state index in [0.29, 0.717) is 24.0 Å². The van der Waals surface area contributed by atoms with Gasteiger partial charge < -0.3 is 14.8 Å². The number of hydrogen-bond donors (Lipinski definition) is 1. The molecule has 0 aliphatic rings. The lowest BCUT2D eigenvalue weighted by molar-refractivity contribution is -0.116. The minimum absolute atomic E-state index is 0.103. The van der Waals surface area contributed by atoms with Crippen molar-refractivity contribution in [2.24, 2.45) is 0 Å². The lowest BCUT2D eigenvalue weighted by Gasteiger charge is -2.11. The molecule has 4 heteroatoms. The van der Waals surface area contributed by atoms with Gasteiger partial charge in [-0.25, -0.2) is 0 Å². The average Bonchev–Trinajstić information content (AvgIpc) is 2.56. The van der Waals surface area contributed by atoms with Gasteiger partial charge in [-0.3, -0.25) is 4.79 Å². The van der Waals surface area contributed by atoms with E-state index < -0.39 is 0 Å². The largest absolute Gasteiger partial charge is 0.495 e. The fourth-order valence-electron chi connectivity index (χ4n) is 2.17. The molecule has 0 saturated heterocycles. The Kier molecular flexibility index (Phi) is 6.03. The quantitative estimate of drug-likeness (QED) is 0.832. The number of carbonyl (C=O) groups is 1. The van der Waals surface area contributed by atoms with Gasteiger partial charge in [0.15, 0.2) is 0 Å². The second-order valence-corrected chi connectivity index (χ2v) is 5.57. The highest BCUT2D eigenvalue weighted by atomic mass is 16.5. The summed E-state index contributed by atoms with van der Waals surface area (Å²) in [5.41, 5.74) is 1.94. The highest BCUT2D eigenvalue weighted by Crippen LogP contribution is 2.23. The number of amides is 1. The highest BCUT2D eigenvalue weighted by molar-refractivity contribution is 5.92. The lowest BCUT2D eigenvalue weighted by atomic mass is 10.0. The molecule has 0 radical (unpaired) electrons. The number of para-hydroxylation sites is 2. The van der Waals surface area contributed by atoms with Gasteiger partial charge >= 0.3 is 0 Å². The first-order valence-electron chi connectivity index (χ1n) is 7.75. The summed E-state index contributed by atoms with van der Waals surface area (Å²) >= 11 is 0. The summed E-state index contributed by atoms with van der Waals surface area (Å²) in [6.07, 6.45) is 0.282. The number of carbonyl (C=O) groups excluding carboxylic acids is 1. The van der Waals surface area contributed by atoms with Crippen LogP contribution >= 0.6 is 0 Å². The van der Waals surface area contributed by atoms with Crippen molar-refractivity contribution in [3.63, 3.8) is 0 Å². The van der Waals surface area contributed by atoms with Gasteiger partial charge in [-0.2, -0.15) is 0 Å². The third-order valence-electron chi connectivity index (χ3n) is 3.53. The fraction of sp³-hybridized carbons (Fsp3) is 0.316. The molecule has 0 aromatic heterocycles. The number of anilines is 1. The monoisotopic (exact) mass is 313 g/mol. The summed E-state index contributed by atoms with van der Waals surface area (Å²) in [7, 11) is 1.58. The van der Waals surface area contributed by atoms with Crippen LogP contribution in [0.15, 0.2) is 48.5 Å². The van der Waals surface area contributed by atoms with E-state index >= 15 is 0 Å². The molecule has 0 spiro atoms. The molecular weight excluding hydrogens is 290 g/mol. The molecule has 2 aromatic rings. The summed E-state index contributed by atoms with van der Waals surface area (Å²) in [6, 6.07) is 15.3. The maximum absolute atomic E-state index is 12.0. The molecule has 1 amide bonds. The number of methoxy groups -OCH3 is 1. The van der Waals surface area contributed by atoms with Crippen LogP contribution in [0, 0.1) is 0 Å². The van der Waals surface area contributed by atoms with E-state index in [2.05, 4.69) is 31.3 Å². The van der Waals surface area contributed by atoms with E-state index in [0.717, 1.165) is 5.75 Å². The van der Waals surface area contributed by atoms with Crippen LogP contribution in [-0.4, -0.2) is 19.6 Å². The third kappa shape index (κ3) is 5.02. The molecule has 0 heterocycles. The first kappa shape index (κ1) is 16.9. The van der Waals surface area contributed by atoms with Crippen LogP contribution in [0.3, 0.4) is 0 Å². The summed E-state index contributed by atoms with van der Waals surface area (Å²) in [5.74, 6) is 1.81. The Labute approximate surface area is 137 Å². The molecule has 0 atom stereocenters. The van der Waals surface area contributed by atoms with Gasteiger partial charge in [0.2, 0.25) is 5.91 Å². The molecule has 1 N–H and O–H groups in total. The van der Waals surface area contributed by atoms with Crippen molar-refractivity contribution in [1.82, 2.24) is 0 Å². The molecule has 0 bridgehead atoms. The van der Waals surface area contributed by atoms with Gasteiger partial charge in [-0.15, -0.1) is 0 Å². The summed E-state index contributed by atoms with van der Waals surface area (Å²) in [5, 5.41) is 2.83. The van der Waals surface area contributed by atoms with Gasteiger partial charge in [0.1, 0.15) is 11.5 Å². The lowest BCUT2D eigenvalue weighted by Crippen LogP contribution is -2.15. The van der Waals surface area contributed by atoms with E-state index in [-0.39, 0.29) is 12.3 Å². The minimum Gasteiger partial charge on any atom is -0.495 e. The van der Waals surface area contributed by atoms with Gasteiger partial charge in [0, 0.05) is 0 Å². The summed E-state index contributed by atoms with van der Waals surface area (Å²) in [6.45, 7) is 4.64. The molecule has 0 aliphatic heterocycles. The van der Waals surface area contributed by atoms with Crippen molar-refractivity contribution in [1.29, 1.82) is 0 Å². The van der Waals surface area contributed by atoms with E-state index in [9.17, 15) is 4.79 Å². The van der Waals surface area contributed by atoms with Crippen LogP contribution in [0.2, 0.25) is 0 Å². The van der Waals surface area contributed by atoms with E-state index in [4.69, 9.17) is 9.47 Å². The van der Waals surface area contributed by atoms with E-state index in [1.165, 1.54) is 5.56 Å². The average molecular weight is 313 g/mol. The normalized spacial score (nSPS) is 10.4. The molecular formula is C19H23NO3. The van der Waals surface area contributed by atoms with Crippen LogP contribution < -0.4 is 14.8 Å². The fourth-order valence-corrected chi connectivity index (χ4v) is 2.17. The molecule has 122 valence electrons. The summed E-state index contributed by atoms with van der Waals surface area (Å²) in [4.78, 5) is 12.0. The Balaban J connectivity index is 1.80. The predicted molar refractivity (Wildman–Crippen MR) is 92.3 cm³/mol. The van der Waals surface area contributed by atoms with Crippen molar-refractivity contribution >= 4 is 11.6 Å². The summed E-state index contributed by atoms with van der Waals surface area (Å²) < 4.78 is 10.8. The molecule has 23 heavy (non-hydrogen) atoms. The molecule has 0 unspecified atom stereocenters. The molecule has 2 aromatic carbocycles. The molecule has 0 fully saturated rings. The van der Waals surface area contributed by atoms with Crippen LogP contribution in [-0.2, 0) is 4.79 Å². The third-order valence-corrected chi connectivity index (χ3v) is 3.53. The Bertz CT molecular complexity index is 635. The topological polar surface area (TPSA) is 47.6 Å². The Morgan fingerprint density at radius 3 is 2.43 bits per heavy atom. The zero-order valence-electron chi connectivity index (χ0n) is 13.8. The second kappa shape index (κ2) is 8.22. The smallest absolute Gasteiger partial charge is 0.227 e. The zero-order chi connectivity index (χ0) is 16.7. The second-order valence-electron chi connectivity index (χ2n) is 5.57. The standard InChI is InChI=1S/C19H23NO3/c1-14(2)15-8-10-16(11-9-15)23-13-12-19(21)20-17-6-4-5-7-18(17)22-3/h4-11,14H,12-13H2,1-3H3,(H,20,21). The van der Waals surface area contributed by atoms with Crippen LogP contribution in [0.5, 0.6) is 11.5 Å². The highest BCUT2D eigenvalue weighted by Gasteiger charge is 2.07. The zero-order valence-corrected chi connectivity index (χ0v) is 13.8. The van der Waals surface area contributed by atoms with Crippen molar-refractivity contribution in [2.45, 2.75) is 26.2 Å². The van der Waals surface area contributed by atoms with Crippen molar-refractivity contribution in [2.75, 3.05) is 19.0 Å². The van der Waals surface area contributed by atoms with Crippen LogP contribution in [0.1, 0.15) is 31.7 Å². The van der Waals surface area contributed by atoms with Gasteiger partial charge in [0.25, 0.3) is 0 Å². The number of benzene rings is 2. The van der Waals surface area contributed by atoms with Crippen LogP contribution in [0.25, 0.3) is 0 Å². The van der Waals surface area contributed by atoms with Crippen molar-refractivity contribution in [3.05, 3.63) is 54.1 Å². The number of hydrogen-bond acceptors (Lipinski definition) is 3. The van der Waals surface area contributed by atoms with Crippen LogP contribution in [0.4, 0.5) is 5.69 Å². The van der Waals surface area contributed by atoms with Gasteiger partial charge in [-0.05, 0) is 35.7 Å². The molecule has 0 aliphatic carbocycles. The van der Waals surface area contributed by atoms with Gasteiger partial charge in [-0.1, -0.05) is 38.1 Å². The maximum atomic E-state index is 12.0. The molecule has 2 rings (SSSR count). The Morgan fingerprint density at radius 2 is 1.78 bits per heavy atom. The first-order chi connectivity index (χ1) is 11.1. The van der Waals surface area contributed by atoms with E-state index in [1.807, 2.05) is 36.4 Å². The Hall–Kier alpha value is -2.49. The molecule has 4 nitrogen and oxygen atoms in total. The van der Waals surface area contributed by atoms with Gasteiger partial charge in [0.05, 0.1) is 25.8 Å². The minimum atomic E-state index is -0.103. The predicted octanol–water partition coefficient (Wildman–Crippen LogP) is 4.23. The Morgan fingerprint density at radius 1 is 1.09 bits per heavy atom. The van der Waals surface area contributed by atoms with Crippen molar-refractivity contribution in [3.8, 4) is 11.5 Å². The van der Waals surface area contributed by atoms with Crippen molar-refractivity contribution < 1.29 is 14.3 Å². The molecule has 0 saturated carbocycles. The first-order valence-corrected chi connectivity index (χ1v) is 7.75. The van der Waals surface area contributed by atoms with E-state index in [1.54, 1.807) is 7.11 Å². The number of nitrogens with one attached hydrogen (secondary N) is 1. The number of rotatable bonds is 7. The SMILES string of the molecule is COc1ccccc1NC(=O)CCOc1ccc(C(C)C)cc1. The maximum Gasteiger partial charge on any atom is 0.227 e.